The Morgan fingerprint density at radius 2 is 1.47 bits per heavy atom. The van der Waals surface area contributed by atoms with Gasteiger partial charge < -0.3 is 50.9 Å². The molecule has 0 atom stereocenters. The van der Waals surface area contributed by atoms with Gasteiger partial charge in [-0.3, -0.25) is 9.88 Å². The minimum Gasteiger partial charge on any atom is -1.00 e. The summed E-state index contributed by atoms with van der Waals surface area (Å²) in [7, 11) is 1.72. The van der Waals surface area contributed by atoms with Crippen molar-refractivity contribution in [3.05, 3.63) is 90.0 Å². The van der Waals surface area contributed by atoms with E-state index in [1.165, 1.54) is 49.1 Å². The van der Waals surface area contributed by atoms with Crippen molar-refractivity contribution in [1.82, 2.24) is 9.55 Å². The molecule has 1 aliphatic heterocycles. The van der Waals surface area contributed by atoms with Gasteiger partial charge in [-0.1, -0.05) is 54.6 Å². The van der Waals surface area contributed by atoms with Crippen LogP contribution in [0, 0.1) is 0 Å². The molecule has 0 saturated carbocycles. The Hall–Kier alpha value is -2.69. The first kappa shape index (κ1) is 35.3. The van der Waals surface area contributed by atoms with Crippen LogP contribution in [0.15, 0.2) is 78.9 Å². The summed E-state index contributed by atoms with van der Waals surface area (Å²) < 4.78 is 7.65. The lowest BCUT2D eigenvalue weighted by Gasteiger charge is -2.27. The molecular formula is C28H40Cl2N4O4. The van der Waals surface area contributed by atoms with Crippen molar-refractivity contribution < 1.29 is 56.2 Å². The maximum absolute atomic E-state index is 5.27. The number of methoxy groups -OCH3 is 1. The molecule has 3 aromatic carbocycles. The number of nitrogens with zero attached hydrogens (tertiary/aromatic N) is 2. The number of para-hydroxylation sites is 2. The Balaban J connectivity index is 0.00000274. The maximum Gasteiger partial charge on any atom is 0.307 e. The number of halogens is 2. The minimum atomic E-state index is 0. The number of rotatable bonds is 8. The molecule has 0 bridgehead atoms. The number of nitrogens with two attached hydrogens (primary N) is 1. The van der Waals surface area contributed by atoms with E-state index < -0.39 is 0 Å². The molecule has 0 amide bonds. The molecule has 0 radical (unpaired) electrons. The Morgan fingerprint density at radius 1 is 0.842 bits per heavy atom. The molecule has 2 heterocycles. The van der Waals surface area contributed by atoms with Crippen molar-refractivity contribution in [2.45, 2.75) is 31.8 Å². The number of quaternary nitrogens is 2. The molecule has 1 fully saturated rings. The third-order valence-corrected chi connectivity index (χ3v) is 6.92. The molecule has 0 unspecified atom stereocenters. The number of nitrogens with one attached hydrogen (secondary N) is 1. The van der Waals surface area contributed by atoms with Gasteiger partial charge in [0.25, 0.3) is 0 Å². The van der Waals surface area contributed by atoms with Gasteiger partial charge in [0, 0.05) is 19.3 Å². The smallest absolute Gasteiger partial charge is 0.307 e. The van der Waals surface area contributed by atoms with Gasteiger partial charge in [-0.2, -0.15) is 4.98 Å². The predicted molar refractivity (Wildman–Crippen MR) is 143 cm³/mol. The van der Waals surface area contributed by atoms with Gasteiger partial charge in [-0.05, 0) is 35.4 Å². The molecule has 1 saturated heterocycles. The van der Waals surface area contributed by atoms with Crippen molar-refractivity contribution in [2.75, 3.05) is 26.7 Å². The lowest BCUT2D eigenvalue weighted by Crippen LogP contribution is -3.14. The SMILES string of the molecule is COc1ccc(CC[NH+]2CCC([NH2+]c3nc4ccccc4n3Cc3ccccc3)CC2)cc1.O.O.O.[Cl-].[Cl-]. The molecule has 38 heavy (non-hydrogen) atoms. The maximum atomic E-state index is 5.27. The van der Waals surface area contributed by atoms with E-state index in [2.05, 4.69) is 88.7 Å². The molecule has 0 aliphatic carbocycles. The Kier molecular flexibility index (Phi) is 15.8. The van der Waals surface area contributed by atoms with Gasteiger partial charge in [-0.15, -0.1) is 0 Å². The third kappa shape index (κ3) is 8.68. The number of piperidine rings is 1. The minimum absolute atomic E-state index is 0. The second-order valence-electron chi connectivity index (χ2n) is 9.13. The highest BCUT2D eigenvalue weighted by atomic mass is 35.5. The average molecular weight is 568 g/mol. The Morgan fingerprint density at radius 3 is 2.13 bits per heavy atom. The van der Waals surface area contributed by atoms with Crippen molar-refractivity contribution in [2.24, 2.45) is 0 Å². The lowest BCUT2D eigenvalue weighted by molar-refractivity contribution is -0.911. The number of aromatic nitrogens is 2. The summed E-state index contributed by atoms with van der Waals surface area (Å²) >= 11 is 0. The zero-order valence-corrected chi connectivity index (χ0v) is 23.2. The summed E-state index contributed by atoms with van der Waals surface area (Å²) in [6.07, 6.45) is 3.58. The first-order chi connectivity index (χ1) is 16.3. The molecular weight excluding hydrogens is 527 g/mol. The number of ether oxygens (including phenoxy) is 1. The summed E-state index contributed by atoms with van der Waals surface area (Å²) in [4.78, 5) is 6.72. The van der Waals surface area contributed by atoms with Crippen LogP contribution in [0.5, 0.6) is 5.75 Å². The standard InChI is InChI=1S/C28H32N4O.2ClH.3H2O/c1-33-25-13-11-22(12-14-25)15-18-31-19-16-24(17-20-31)29-28-30-26-9-5-6-10-27(26)32(28)21-23-7-3-2-4-8-23;;;;;/h2-14,24H,15-21H2,1H3,(H,29,30);2*1H;3*1H2. The number of fused-ring (bicyclic) bond motifs is 1. The van der Waals surface area contributed by atoms with E-state index in [1.54, 1.807) is 12.0 Å². The zero-order chi connectivity index (χ0) is 22.5. The summed E-state index contributed by atoms with van der Waals surface area (Å²) in [6, 6.07) is 28.3. The Bertz CT molecular complexity index is 1180. The quantitative estimate of drug-likeness (QED) is 0.219. The molecule has 10 heteroatoms. The van der Waals surface area contributed by atoms with Crippen LogP contribution in [0.4, 0.5) is 5.95 Å². The fourth-order valence-electron chi connectivity index (χ4n) is 4.94. The first-order valence-electron chi connectivity index (χ1n) is 12.1. The number of likely N-dealkylation sites (tertiary alicyclic amines) is 1. The zero-order valence-electron chi connectivity index (χ0n) is 21.7. The number of imidazole rings is 1. The summed E-state index contributed by atoms with van der Waals surface area (Å²) in [5.74, 6) is 2.05. The van der Waals surface area contributed by atoms with Crippen LogP contribution in [0.3, 0.4) is 0 Å². The van der Waals surface area contributed by atoms with E-state index in [0.717, 1.165) is 30.2 Å². The largest absolute Gasteiger partial charge is 1.00 e. The molecule has 4 aromatic rings. The van der Waals surface area contributed by atoms with Crippen LogP contribution in [0.25, 0.3) is 11.0 Å². The van der Waals surface area contributed by atoms with Crippen LogP contribution in [0.2, 0.25) is 0 Å². The van der Waals surface area contributed by atoms with Gasteiger partial charge in [0.2, 0.25) is 0 Å². The highest BCUT2D eigenvalue weighted by Crippen LogP contribution is 2.19. The predicted octanol–water partition coefficient (Wildman–Crippen LogP) is -5.89. The fraction of sp³-hybridized carbons (Fsp3) is 0.321. The van der Waals surface area contributed by atoms with Gasteiger partial charge in [0.1, 0.15) is 11.8 Å². The first-order valence-corrected chi connectivity index (χ1v) is 12.1. The van der Waals surface area contributed by atoms with Gasteiger partial charge in [0.05, 0.1) is 44.3 Å². The second kappa shape index (κ2) is 17.0. The van der Waals surface area contributed by atoms with Crippen molar-refractivity contribution in [3.63, 3.8) is 0 Å². The van der Waals surface area contributed by atoms with E-state index in [1.807, 2.05) is 0 Å². The van der Waals surface area contributed by atoms with Crippen LogP contribution < -0.4 is 39.8 Å². The van der Waals surface area contributed by atoms with Crippen molar-refractivity contribution >= 4 is 17.0 Å². The lowest BCUT2D eigenvalue weighted by atomic mass is 10.0. The molecule has 210 valence electrons. The average Bonchev–Trinajstić information content (AvgIpc) is 3.21. The number of hydrogen-bond acceptors (Lipinski definition) is 2. The second-order valence-corrected chi connectivity index (χ2v) is 9.13. The van der Waals surface area contributed by atoms with Crippen molar-refractivity contribution in [3.8, 4) is 5.75 Å². The van der Waals surface area contributed by atoms with Crippen LogP contribution >= 0.6 is 0 Å². The van der Waals surface area contributed by atoms with Crippen molar-refractivity contribution in [1.29, 1.82) is 0 Å². The molecule has 1 aliphatic rings. The highest BCUT2D eigenvalue weighted by molar-refractivity contribution is 5.77. The molecule has 5 rings (SSSR count). The topological polar surface area (TPSA) is 143 Å². The summed E-state index contributed by atoms with van der Waals surface area (Å²) in [5, 5.41) is 2.43. The van der Waals surface area contributed by atoms with E-state index in [0.29, 0.717) is 6.04 Å². The number of hydrogen-bond donors (Lipinski definition) is 2. The third-order valence-electron chi connectivity index (χ3n) is 6.92. The fourth-order valence-corrected chi connectivity index (χ4v) is 4.94. The monoisotopic (exact) mass is 566 g/mol. The highest BCUT2D eigenvalue weighted by Gasteiger charge is 2.27. The molecule has 8 nitrogen and oxygen atoms in total. The van der Waals surface area contributed by atoms with E-state index in [9.17, 15) is 0 Å². The van der Waals surface area contributed by atoms with Crippen LogP contribution in [-0.2, 0) is 13.0 Å². The van der Waals surface area contributed by atoms with Crippen LogP contribution in [-0.4, -0.2) is 58.8 Å². The summed E-state index contributed by atoms with van der Waals surface area (Å²) in [6.45, 7) is 4.52. The molecule has 1 aromatic heterocycles. The number of benzene rings is 3. The van der Waals surface area contributed by atoms with E-state index in [-0.39, 0.29) is 41.2 Å². The molecule has 0 spiro atoms. The Labute approximate surface area is 236 Å². The van der Waals surface area contributed by atoms with E-state index >= 15 is 0 Å². The van der Waals surface area contributed by atoms with Crippen LogP contribution in [0.1, 0.15) is 24.0 Å². The normalized spacial score (nSPS) is 16.0. The van der Waals surface area contributed by atoms with E-state index in [4.69, 9.17) is 9.72 Å². The summed E-state index contributed by atoms with van der Waals surface area (Å²) in [5.41, 5.74) is 5.01. The van der Waals surface area contributed by atoms with Gasteiger partial charge >= 0.3 is 5.95 Å². The molecule has 9 N–H and O–H groups in total. The van der Waals surface area contributed by atoms with Gasteiger partial charge in [0.15, 0.2) is 0 Å². The van der Waals surface area contributed by atoms with Gasteiger partial charge in [-0.25, -0.2) is 0 Å².